The Bertz CT molecular complexity index is 431. The molecule has 3 N–H and O–H groups in total. The Labute approximate surface area is 98.7 Å². The number of carboxylic acids is 2. The van der Waals surface area contributed by atoms with E-state index in [2.05, 4.69) is 10.2 Å². The molecule has 6 heteroatoms. The van der Waals surface area contributed by atoms with Crippen molar-refractivity contribution in [2.75, 3.05) is 0 Å². The van der Waals surface area contributed by atoms with Gasteiger partial charge in [-0.15, -0.1) is 0 Å². The molecule has 1 rings (SSSR count). The van der Waals surface area contributed by atoms with Gasteiger partial charge in [-0.25, -0.2) is 0 Å². The molecule has 0 aliphatic carbocycles. The number of hydrogen-bond acceptors (Lipinski definition) is 3. The van der Waals surface area contributed by atoms with E-state index in [1.807, 2.05) is 20.8 Å². The Balaban J connectivity index is 3.16. The lowest BCUT2D eigenvalue weighted by molar-refractivity contribution is -0.145. The standard InChI is InChI=1S/C11H16N2O4/c1-11(2,3)9-7(5-12-13-9)6(10(16)17)4-8(14)15/h5-6H,4H2,1-3H3,(H,12,13)(H,14,15)(H,16,17). The minimum absolute atomic E-state index is 0.308. The van der Waals surface area contributed by atoms with Crippen molar-refractivity contribution in [1.82, 2.24) is 10.2 Å². The number of rotatable bonds is 4. The highest BCUT2D eigenvalue weighted by atomic mass is 16.4. The van der Waals surface area contributed by atoms with Gasteiger partial charge in [0, 0.05) is 16.7 Å². The molecule has 1 aromatic rings. The van der Waals surface area contributed by atoms with Crippen molar-refractivity contribution >= 4 is 11.9 Å². The summed E-state index contributed by atoms with van der Waals surface area (Å²) in [5.74, 6) is -3.36. The van der Waals surface area contributed by atoms with Gasteiger partial charge in [-0.1, -0.05) is 20.8 Å². The molecule has 0 bridgehead atoms. The fourth-order valence-corrected chi connectivity index (χ4v) is 1.67. The molecule has 94 valence electrons. The van der Waals surface area contributed by atoms with Crippen LogP contribution in [-0.2, 0) is 15.0 Å². The van der Waals surface area contributed by atoms with Gasteiger partial charge in [0.1, 0.15) is 0 Å². The minimum atomic E-state index is -1.15. The summed E-state index contributed by atoms with van der Waals surface area (Å²) in [7, 11) is 0. The monoisotopic (exact) mass is 240 g/mol. The number of hydrogen-bond donors (Lipinski definition) is 3. The average molecular weight is 240 g/mol. The van der Waals surface area contributed by atoms with Crippen molar-refractivity contribution in [2.24, 2.45) is 0 Å². The van der Waals surface area contributed by atoms with Crippen LogP contribution in [0.2, 0.25) is 0 Å². The van der Waals surface area contributed by atoms with Crippen LogP contribution in [0, 0.1) is 0 Å². The first-order valence-electron chi connectivity index (χ1n) is 5.22. The van der Waals surface area contributed by atoms with E-state index in [9.17, 15) is 9.59 Å². The SMILES string of the molecule is CC(C)(C)c1[nH]ncc1C(CC(=O)O)C(=O)O. The molecule has 0 saturated heterocycles. The largest absolute Gasteiger partial charge is 0.481 e. The summed E-state index contributed by atoms with van der Waals surface area (Å²) in [6.45, 7) is 5.72. The highest BCUT2D eigenvalue weighted by Crippen LogP contribution is 2.30. The second-order valence-electron chi connectivity index (χ2n) is 4.94. The van der Waals surface area contributed by atoms with Gasteiger partial charge in [0.25, 0.3) is 0 Å². The van der Waals surface area contributed by atoms with Gasteiger partial charge in [-0.3, -0.25) is 14.7 Å². The van der Waals surface area contributed by atoms with Gasteiger partial charge in [-0.2, -0.15) is 5.10 Å². The number of aliphatic carboxylic acids is 2. The summed E-state index contributed by atoms with van der Waals surface area (Å²) in [4.78, 5) is 21.8. The fraction of sp³-hybridized carbons (Fsp3) is 0.545. The van der Waals surface area contributed by atoms with E-state index >= 15 is 0 Å². The number of aromatic nitrogens is 2. The molecular weight excluding hydrogens is 224 g/mol. The zero-order valence-corrected chi connectivity index (χ0v) is 10.0. The normalized spacial score (nSPS) is 13.4. The summed E-state index contributed by atoms with van der Waals surface area (Å²) >= 11 is 0. The Hall–Kier alpha value is -1.85. The van der Waals surface area contributed by atoms with Gasteiger partial charge >= 0.3 is 11.9 Å². The lowest BCUT2D eigenvalue weighted by Crippen LogP contribution is -2.21. The van der Waals surface area contributed by atoms with Crippen LogP contribution in [0.15, 0.2) is 6.20 Å². The third kappa shape index (κ3) is 3.05. The maximum Gasteiger partial charge on any atom is 0.311 e. The molecule has 17 heavy (non-hydrogen) atoms. The van der Waals surface area contributed by atoms with Crippen LogP contribution in [-0.4, -0.2) is 32.3 Å². The minimum Gasteiger partial charge on any atom is -0.481 e. The van der Waals surface area contributed by atoms with E-state index in [0.717, 1.165) is 0 Å². The first-order valence-corrected chi connectivity index (χ1v) is 5.22. The Morgan fingerprint density at radius 3 is 2.41 bits per heavy atom. The number of H-pyrrole nitrogens is 1. The molecule has 0 amide bonds. The predicted octanol–water partition coefficient (Wildman–Crippen LogP) is 1.35. The second kappa shape index (κ2) is 4.57. The lowest BCUT2D eigenvalue weighted by Gasteiger charge is -2.20. The van der Waals surface area contributed by atoms with Crippen molar-refractivity contribution in [3.8, 4) is 0 Å². The number of carboxylic acid groups (broad SMARTS) is 2. The highest BCUT2D eigenvalue weighted by molar-refractivity contribution is 5.82. The van der Waals surface area contributed by atoms with Crippen molar-refractivity contribution in [1.29, 1.82) is 0 Å². The summed E-state index contributed by atoms with van der Waals surface area (Å²) in [6, 6.07) is 0. The summed E-state index contributed by atoms with van der Waals surface area (Å²) < 4.78 is 0. The molecule has 1 unspecified atom stereocenters. The molecule has 0 spiro atoms. The maximum absolute atomic E-state index is 11.1. The average Bonchev–Trinajstić information content (AvgIpc) is 2.60. The van der Waals surface area contributed by atoms with E-state index in [1.54, 1.807) is 0 Å². The van der Waals surface area contributed by atoms with Crippen molar-refractivity contribution < 1.29 is 19.8 Å². The Morgan fingerprint density at radius 2 is 2.00 bits per heavy atom. The summed E-state index contributed by atoms with van der Waals surface area (Å²) in [6.07, 6.45) is 0.945. The third-order valence-corrected chi connectivity index (χ3v) is 2.47. The zero-order valence-electron chi connectivity index (χ0n) is 10.0. The molecule has 1 aromatic heterocycles. The van der Waals surface area contributed by atoms with Crippen LogP contribution in [0.1, 0.15) is 44.4 Å². The molecule has 0 radical (unpaired) electrons. The summed E-state index contributed by atoms with van der Waals surface area (Å²) in [5.41, 5.74) is 0.788. The van der Waals surface area contributed by atoms with Crippen molar-refractivity contribution in [3.63, 3.8) is 0 Å². The quantitative estimate of drug-likeness (QED) is 0.737. The number of carbonyl (C=O) groups is 2. The molecule has 0 fully saturated rings. The Kier molecular flexibility index (Phi) is 3.55. The molecule has 0 aliphatic rings. The number of aromatic amines is 1. The molecule has 1 atom stereocenters. The topological polar surface area (TPSA) is 103 Å². The smallest absolute Gasteiger partial charge is 0.311 e. The van der Waals surface area contributed by atoms with E-state index < -0.39 is 24.3 Å². The van der Waals surface area contributed by atoms with Gasteiger partial charge in [0.15, 0.2) is 0 Å². The zero-order chi connectivity index (χ0) is 13.2. The lowest BCUT2D eigenvalue weighted by atomic mass is 9.84. The van der Waals surface area contributed by atoms with E-state index in [4.69, 9.17) is 10.2 Å². The van der Waals surface area contributed by atoms with Crippen LogP contribution in [0.4, 0.5) is 0 Å². The summed E-state index contributed by atoms with van der Waals surface area (Å²) in [5, 5.41) is 24.4. The molecule has 0 saturated carbocycles. The molecular formula is C11H16N2O4. The van der Waals surface area contributed by atoms with Gasteiger partial charge in [-0.05, 0) is 0 Å². The van der Waals surface area contributed by atoms with Gasteiger partial charge in [0.05, 0.1) is 18.5 Å². The third-order valence-electron chi connectivity index (χ3n) is 2.47. The van der Waals surface area contributed by atoms with Crippen LogP contribution in [0.5, 0.6) is 0 Å². The number of nitrogens with one attached hydrogen (secondary N) is 1. The van der Waals surface area contributed by atoms with Crippen LogP contribution >= 0.6 is 0 Å². The van der Waals surface area contributed by atoms with Gasteiger partial charge in [0.2, 0.25) is 0 Å². The highest BCUT2D eigenvalue weighted by Gasteiger charge is 2.30. The molecule has 6 nitrogen and oxygen atoms in total. The molecule has 1 heterocycles. The second-order valence-corrected chi connectivity index (χ2v) is 4.94. The maximum atomic E-state index is 11.1. The fourth-order valence-electron chi connectivity index (χ4n) is 1.67. The van der Waals surface area contributed by atoms with E-state index in [0.29, 0.717) is 11.3 Å². The number of nitrogens with zero attached hydrogens (tertiary/aromatic N) is 1. The predicted molar refractivity (Wildman–Crippen MR) is 59.9 cm³/mol. The van der Waals surface area contributed by atoms with Crippen LogP contribution in [0.3, 0.4) is 0 Å². The molecule has 0 aromatic carbocycles. The van der Waals surface area contributed by atoms with Crippen LogP contribution in [0.25, 0.3) is 0 Å². The van der Waals surface area contributed by atoms with E-state index in [-0.39, 0.29) is 5.41 Å². The van der Waals surface area contributed by atoms with E-state index in [1.165, 1.54) is 6.20 Å². The van der Waals surface area contributed by atoms with Gasteiger partial charge < -0.3 is 10.2 Å². The van der Waals surface area contributed by atoms with Crippen molar-refractivity contribution in [3.05, 3.63) is 17.5 Å². The van der Waals surface area contributed by atoms with Crippen LogP contribution < -0.4 is 0 Å². The first-order chi connectivity index (χ1) is 7.73. The first kappa shape index (κ1) is 13.2. The van der Waals surface area contributed by atoms with Crippen molar-refractivity contribution in [2.45, 2.75) is 38.5 Å². The Morgan fingerprint density at radius 1 is 1.41 bits per heavy atom. The molecule has 0 aliphatic heterocycles.